The van der Waals surface area contributed by atoms with Crippen LogP contribution in [0.5, 0.6) is 5.75 Å². The van der Waals surface area contributed by atoms with Gasteiger partial charge in [-0.1, -0.05) is 12.1 Å². The number of carbonyl (C=O) groups excluding carboxylic acids is 2. The number of aromatic nitrogens is 2. The van der Waals surface area contributed by atoms with Gasteiger partial charge in [0.2, 0.25) is 5.91 Å². The molecule has 3 aromatic rings. The molecule has 51 heavy (non-hydrogen) atoms. The zero-order valence-corrected chi connectivity index (χ0v) is 31.4. The average molecular weight is 842 g/mol. The molecule has 16 heteroatoms. The maximum atomic E-state index is 14.1. The van der Waals surface area contributed by atoms with Gasteiger partial charge in [0.05, 0.1) is 20.2 Å². The van der Waals surface area contributed by atoms with Crippen molar-refractivity contribution in [3.63, 3.8) is 0 Å². The first kappa shape index (κ1) is 37.4. The highest BCUT2D eigenvalue weighted by Gasteiger charge is 2.35. The molecule has 2 aromatic carbocycles. The van der Waals surface area contributed by atoms with E-state index in [0.717, 1.165) is 56.7 Å². The highest BCUT2D eigenvalue weighted by molar-refractivity contribution is 9.11. The van der Waals surface area contributed by atoms with Crippen LogP contribution in [0.3, 0.4) is 0 Å². The number of amides is 3. The van der Waals surface area contributed by atoms with Gasteiger partial charge in [-0.15, -0.1) is 0 Å². The van der Waals surface area contributed by atoms with Crippen molar-refractivity contribution in [2.75, 3.05) is 59.4 Å². The van der Waals surface area contributed by atoms with Crippen LogP contribution in [0.1, 0.15) is 42.9 Å². The molecular weight excluding hydrogens is 799 g/mol. The zero-order chi connectivity index (χ0) is 36.4. The second-order valence-corrected chi connectivity index (χ2v) is 15.4. The van der Waals surface area contributed by atoms with Gasteiger partial charge in [0.25, 0.3) is 0 Å². The summed E-state index contributed by atoms with van der Waals surface area (Å²) in [4.78, 5) is 51.5. The third-order valence-electron chi connectivity index (χ3n) is 10.4. The fourth-order valence-corrected chi connectivity index (χ4v) is 8.73. The molecule has 0 spiro atoms. The van der Waals surface area contributed by atoms with Gasteiger partial charge in [0.15, 0.2) is 0 Å². The number of aromatic hydroxyl groups is 1. The fourth-order valence-electron chi connectivity index (χ4n) is 7.45. The molecule has 0 unspecified atom stereocenters. The number of hydrogen-bond donors (Lipinski definition) is 3. The number of nitrogens with one attached hydrogen (secondary N) is 2. The van der Waals surface area contributed by atoms with Crippen LogP contribution in [0.2, 0.25) is 0 Å². The summed E-state index contributed by atoms with van der Waals surface area (Å²) in [7, 11) is 2.14. The van der Waals surface area contributed by atoms with Gasteiger partial charge in [-0.25, -0.2) is 9.59 Å². The van der Waals surface area contributed by atoms with Crippen molar-refractivity contribution in [2.45, 2.75) is 56.4 Å². The number of hydrogen-bond acceptors (Lipinski definition) is 6. The first-order valence-electron chi connectivity index (χ1n) is 17.2. The molecule has 0 bridgehead atoms. The summed E-state index contributed by atoms with van der Waals surface area (Å²) in [6.07, 6.45) is 0.101. The largest absolute Gasteiger partial charge is 0.506 e. The van der Waals surface area contributed by atoms with Crippen LogP contribution in [0.15, 0.2) is 56.3 Å². The minimum atomic E-state index is -4.52. The lowest BCUT2D eigenvalue weighted by Gasteiger charge is -2.43. The average Bonchev–Trinajstić information content (AvgIpc) is 3.51. The number of urea groups is 1. The minimum Gasteiger partial charge on any atom is -0.506 e. The molecule has 3 aliphatic rings. The summed E-state index contributed by atoms with van der Waals surface area (Å²) in [6.45, 7) is 5.34. The van der Waals surface area contributed by atoms with E-state index < -0.39 is 29.5 Å². The Bertz CT molecular complexity index is 1750. The van der Waals surface area contributed by atoms with Gasteiger partial charge < -0.3 is 30.1 Å². The van der Waals surface area contributed by atoms with Gasteiger partial charge in [-0.05, 0) is 108 Å². The van der Waals surface area contributed by atoms with Crippen molar-refractivity contribution >= 4 is 43.8 Å². The van der Waals surface area contributed by atoms with Crippen molar-refractivity contribution in [1.29, 1.82) is 0 Å². The van der Waals surface area contributed by atoms with Crippen molar-refractivity contribution in [3.8, 4) is 17.0 Å². The molecule has 4 heterocycles. The molecule has 276 valence electrons. The van der Waals surface area contributed by atoms with Crippen molar-refractivity contribution in [3.05, 3.63) is 73.2 Å². The monoisotopic (exact) mass is 839 g/mol. The van der Waals surface area contributed by atoms with E-state index in [9.17, 15) is 32.7 Å². The minimum absolute atomic E-state index is 0.0382. The Kier molecular flexibility index (Phi) is 11.5. The summed E-state index contributed by atoms with van der Waals surface area (Å²) >= 11 is 6.73. The number of likely N-dealkylation sites (tertiary alicyclic amines) is 2. The second-order valence-electron chi connectivity index (χ2n) is 13.7. The molecule has 0 radical (unpaired) electrons. The molecule has 1 aromatic heterocycles. The molecule has 3 N–H and O–H groups in total. The van der Waals surface area contributed by atoms with Crippen LogP contribution < -0.4 is 11.0 Å². The first-order valence-corrected chi connectivity index (χ1v) is 18.8. The van der Waals surface area contributed by atoms with E-state index in [4.69, 9.17) is 0 Å². The Hall–Kier alpha value is -3.34. The lowest BCUT2D eigenvalue weighted by molar-refractivity contribution is -0.137. The van der Waals surface area contributed by atoms with E-state index in [2.05, 4.69) is 59.0 Å². The number of phenols is 1. The Balaban J connectivity index is 1.13. The third kappa shape index (κ3) is 8.66. The SMILES string of the molecule is CN1CCC(N2CCN(C(=O)[C@@H](Cc3cc(Br)c(O)c(Br)c3)NC(=O)N3CCC(n4c(-c5cccc(C(F)(F)F)c5)c[nH]c4=O)CC3)CC2)CC1. The Morgan fingerprint density at radius 3 is 2.18 bits per heavy atom. The summed E-state index contributed by atoms with van der Waals surface area (Å²) in [5.74, 6) is -0.137. The molecule has 0 aliphatic carbocycles. The maximum Gasteiger partial charge on any atom is 0.416 e. The number of halogens is 5. The van der Waals surface area contributed by atoms with E-state index in [0.29, 0.717) is 46.6 Å². The first-order chi connectivity index (χ1) is 24.3. The third-order valence-corrected chi connectivity index (χ3v) is 11.6. The van der Waals surface area contributed by atoms with Crippen LogP contribution in [0, 0.1) is 0 Å². The zero-order valence-electron chi connectivity index (χ0n) is 28.3. The van der Waals surface area contributed by atoms with Gasteiger partial charge in [-0.3, -0.25) is 14.3 Å². The van der Waals surface area contributed by atoms with Crippen LogP contribution >= 0.6 is 31.9 Å². The lowest BCUT2D eigenvalue weighted by Crippen LogP contribution is -2.59. The second kappa shape index (κ2) is 15.7. The molecule has 3 aliphatic heterocycles. The van der Waals surface area contributed by atoms with Crippen molar-refractivity contribution < 1.29 is 27.9 Å². The molecular formula is C35H42Br2F3N7O4. The van der Waals surface area contributed by atoms with E-state index in [1.54, 1.807) is 17.0 Å². The molecule has 11 nitrogen and oxygen atoms in total. The molecule has 3 fully saturated rings. The number of nitrogens with zero attached hydrogens (tertiary/aromatic N) is 5. The molecule has 0 saturated carbocycles. The summed E-state index contributed by atoms with van der Waals surface area (Å²) in [5.41, 5.74) is 0.120. The van der Waals surface area contributed by atoms with Crippen LogP contribution in [0.4, 0.5) is 18.0 Å². The number of imidazole rings is 1. The number of alkyl halides is 3. The number of benzene rings is 2. The quantitative estimate of drug-likeness (QED) is 0.298. The molecule has 3 amide bonds. The normalized spacial score (nSPS) is 19.3. The fraction of sp³-hybridized carbons (Fsp3) is 0.514. The number of H-pyrrole nitrogens is 1. The lowest BCUT2D eigenvalue weighted by atomic mass is 10.0. The van der Waals surface area contributed by atoms with Gasteiger partial charge in [0, 0.05) is 69.5 Å². The maximum absolute atomic E-state index is 14.1. The van der Waals surface area contributed by atoms with Gasteiger partial charge in [-0.2, -0.15) is 13.2 Å². The summed E-state index contributed by atoms with van der Waals surface area (Å²) in [5, 5.41) is 13.2. The Morgan fingerprint density at radius 1 is 0.922 bits per heavy atom. The van der Waals surface area contributed by atoms with Gasteiger partial charge >= 0.3 is 17.9 Å². The number of rotatable bonds is 7. The van der Waals surface area contributed by atoms with Crippen molar-refractivity contribution in [1.82, 2.24) is 34.5 Å². The number of piperidine rings is 2. The van der Waals surface area contributed by atoms with E-state index in [1.807, 2.05) is 4.90 Å². The number of phenolic OH excluding ortho intramolecular Hbond substituents is 1. The molecule has 6 rings (SSSR count). The van der Waals surface area contributed by atoms with E-state index in [-0.39, 0.29) is 42.8 Å². The van der Waals surface area contributed by atoms with Crippen molar-refractivity contribution in [2.24, 2.45) is 0 Å². The predicted molar refractivity (Wildman–Crippen MR) is 194 cm³/mol. The Labute approximate surface area is 311 Å². The predicted octanol–water partition coefficient (Wildman–Crippen LogP) is 5.29. The summed E-state index contributed by atoms with van der Waals surface area (Å²) in [6, 6.07) is 7.21. The number of carbonyl (C=O) groups is 2. The number of piperazine rings is 1. The highest BCUT2D eigenvalue weighted by atomic mass is 79.9. The molecule has 1 atom stereocenters. The highest BCUT2D eigenvalue weighted by Crippen LogP contribution is 2.35. The van der Waals surface area contributed by atoms with Crippen LogP contribution in [-0.2, 0) is 17.4 Å². The number of aromatic amines is 1. The van der Waals surface area contributed by atoms with Crippen LogP contribution in [-0.4, -0.2) is 118 Å². The Morgan fingerprint density at radius 2 is 1.55 bits per heavy atom. The summed E-state index contributed by atoms with van der Waals surface area (Å²) < 4.78 is 42.7. The van der Waals surface area contributed by atoms with Gasteiger partial charge in [0.1, 0.15) is 11.8 Å². The topological polar surface area (TPSA) is 117 Å². The molecule has 3 saturated heterocycles. The van der Waals surface area contributed by atoms with E-state index >= 15 is 0 Å². The van der Waals surface area contributed by atoms with Crippen LogP contribution in [0.25, 0.3) is 11.3 Å². The smallest absolute Gasteiger partial charge is 0.416 e. The standard InChI is InChI=1S/C35H42Br2F3N7O4/c1-43-9-5-25(6-10-43)44-13-15-45(16-14-44)32(49)29(19-22-17-27(36)31(48)28(37)18-22)42-34(51)46-11-7-26(8-12-46)47-30(21-41-33(47)50)23-3-2-4-24(20-23)35(38,39)40/h2-4,17-18,20-21,25-26,29,48H,5-16,19H2,1H3,(H,41,50)(H,42,51)/t29-/m1/s1. The van der Waals surface area contributed by atoms with E-state index in [1.165, 1.54) is 22.9 Å².